The van der Waals surface area contributed by atoms with Crippen LogP contribution in [-0.2, 0) is 9.53 Å². The molecule has 0 bridgehead atoms. The van der Waals surface area contributed by atoms with E-state index in [9.17, 15) is 4.79 Å². The molecule has 0 aromatic rings. The number of rotatable bonds is 17. The van der Waals surface area contributed by atoms with Crippen molar-refractivity contribution < 1.29 is 9.53 Å². The van der Waals surface area contributed by atoms with Gasteiger partial charge in [-0.2, -0.15) is 0 Å². The van der Waals surface area contributed by atoms with Crippen molar-refractivity contribution >= 4 is 43.7 Å². The Morgan fingerprint density at radius 3 is 1.46 bits per heavy atom. The summed E-state index contributed by atoms with van der Waals surface area (Å²) in [6.07, 6.45) is 24.0. The summed E-state index contributed by atoms with van der Waals surface area (Å²) in [6.45, 7) is 4.13. The van der Waals surface area contributed by atoms with Crippen LogP contribution in [0.3, 0.4) is 0 Å². The quantitative estimate of drug-likeness (QED) is 0.129. The van der Waals surface area contributed by atoms with Gasteiger partial charge in [-0.3, -0.25) is 4.79 Å². The summed E-state index contributed by atoms with van der Waals surface area (Å²) < 4.78 is 4.89. The molecule has 0 saturated carbocycles. The zero-order chi connectivity index (χ0) is 17.0. The summed E-state index contributed by atoms with van der Waals surface area (Å²) in [5, 5.41) is 0. The van der Waals surface area contributed by atoms with Gasteiger partial charge in [-0.15, -0.1) is 0 Å². The molecule has 0 atom stereocenters. The van der Waals surface area contributed by atoms with Crippen LogP contribution in [0, 0.1) is 0 Å². The average Bonchev–Trinajstić information content (AvgIpc) is 2.56. The van der Waals surface area contributed by atoms with Gasteiger partial charge in [-0.25, -0.2) is 0 Å². The molecular formula is C21H42CaO2. The Labute approximate surface area is 181 Å². The number of unbranched alkanes of at least 4 members (excludes halogenated alkanes) is 14. The van der Waals surface area contributed by atoms with E-state index < -0.39 is 0 Å². The number of hydrogen-bond donors (Lipinski definition) is 0. The van der Waals surface area contributed by atoms with Crippen LogP contribution in [0.2, 0.25) is 0 Å². The second kappa shape index (κ2) is 23.5. The Kier molecular flexibility index (Phi) is 26.1. The van der Waals surface area contributed by atoms with Crippen LogP contribution < -0.4 is 0 Å². The molecule has 140 valence electrons. The van der Waals surface area contributed by atoms with Crippen molar-refractivity contribution in [1.82, 2.24) is 0 Å². The molecule has 0 spiro atoms. The number of carbonyl (C=O) groups excluding carboxylic acids is 1. The number of hydrogen-bond acceptors (Lipinski definition) is 2. The first kappa shape index (κ1) is 26.7. The molecule has 0 saturated heterocycles. The Morgan fingerprint density at radius 2 is 1.08 bits per heavy atom. The fourth-order valence-corrected chi connectivity index (χ4v) is 2.84. The summed E-state index contributed by atoms with van der Waals surface area (Å²) in [7, 11) is 0. The van der Waals surface area contributed by atoms with E-state index >= 15 is 0 Å². The molecule has 0 aliphatic heterocycles. The molecule has 0 fully saturated rings. The van der Waals surface area contributed by atoms with Gasteiger partial charge in [0.05, 0.1) is 6.26 Å². The first-order chi connectivity index (χ1) is 11.3. The first-order valence-corrected chi connectivity index (χ1v) is 10.1. The third-order valence-corrected chi connectivity index (χ3v) is 4.32. The van der Waals surface area contributed by atoms with Crippen molar-refractivity contribution in [3.63, 3.8) is 0 Å². The van der Waals surface area contributed by atoms with Gasteiger partial charge in [-0.05, 0) is 13.3 Å². The molecular weight excluding hydrogens is 324 g/mol. The Hall–Kier alpha value is 0.470. The topological polar surface area (TPSA) is 26.3 Å². The molecule has 0 aromatic carbocycles. The van der Waals surface area contributed by atoms with Crippen LogP contribution in [0.5, 0.6) is 0 Å². The van der Waals surface area contributed by atoms with Crippen molar-refractivity contribution in [3.8, 4) is 0 Å². The van der Waals surface area contributed by atoms with Crippen molar-refractivity contribution in [2.75, 3.05) is 0 Å². The normalized spacial score (nSPS) is 10.8. The second-order valence-electron chi connectivity index (χ2n) is 6.66. The fraction of sp³-hybridized carbons (Fsp3) is 0.857. The van der Waals surface area contributed by atoms with Gasteiger partial charge in [0.1, 0.15) is 0 Å². The Bertz CT molecular complexity index is 277. The van der Waals surface area contributed by atoms with E-state index in [4.69, 9.17) is 4.74 Å². The summed E-state index contributed by atoms with van der Waals surface area (Å²) >= 11 is 0. The third kappa shape index (κ3) is 22.5. The molecule has 0 N–H and O–H groups in total. The summed E-state index contributed by atoms with van der Waals surface area (Å²) in [4.78, 5) is 11.3. The molecule has 0 heterocycles. The van der Waals surface area contributed by atoms with Crippen molar-refractivity contribution in [2.45, 2.75) is 117 Å². The predicted molar refractivity (Wildman–Crippen MR) is 109 cm³/mol. The Morgan fingerprint density at radius 1 is 0.708 bits per heavy atom. The second-order valence-corrected chi connectivity index (χ2v) is 6.66. The van der Waals surface area contributed by atoms with Gasteiger partial charge >= 0.3 is 43.7 Å². The molecule has 0 radical (unpaired) electrons. The summed E-state index contributed by atoms with van der Waals surface area (Å²) in [6, 6.07) is 0. The molecule has 0 amide bonds. The minimum atomic E-state index is -0.0993. The van der Waals surface area contributed by atoms with Gasteiger partial charge in [0.25, 0.3) is 0 Å². The van der Waals surface area contributed by atoms with E-state index in [1.807, 2.05) is 6.92 Å². The van der Waals surface area contributed by atoms with Crippen LogP contribution in [0.1, 0.15) is 117 Å². The van der Waals surface area contributed by atoms with E-state index in [-0.39, 0.29) is 43.7 Å². The monoisotopic (exact) mass is 366 g/mol. The van der Waals surface area contributed by atoms with Gasteiger partial charge in [0.15, 0.2) is 0 Å². The number of carbonyl (C=O) groups is 1. The standard InChI is InChI=1S/C21H40O2.Ca.2H/c1-3-5-6-7-8-9-10-11-12-13-14-15-16-17-18-19-21(22)23-20-4-2;;;/h4,20H,3,5-19H2,1-2H3;;;. The van der Waals surface area contributed by atoms with E-state index in [0.717, 1.165) is 12.8 Å². The van der Waals surface area contributed by atoms with Crippen LogP contribution in [-0.4, -0.2) is 43.7 Å². The van der Waals surface area contributed by atoms with Crippen LogP contribution in [0.25, 0.3) is 0 Å². The molecule has 0 aliphatic rings. The maximum atomic E-state index is 11.3. The van der Waals surface area contributed by atoms with E-state index in [2.05, 4.69) is 6.92 Å². The molecule has 0 aromatic heterocycles. The fourth-order valence-electron chi connectivity index (χ4n) is 2.84. The zero-order valence-corrected chi connectivity index (χ0v) is 15.8. The third-order valence-electron chi connectivity index (χ3n) is 4.32. The summed E-state index contributed by atoms with van der Waals surface area (Å²) in [5.74, 6) is -0.0993. The van der Waals surface area contributed by atoms with Crippen molar-refractivity contribution in [3.05, 3.63) is 12.3 Å². The van der Waals surface area contributed by atoms with E-state index in [0.29, 0.717) is 6.42 Å². The minimum absolute atomic E-state index is 0. The van der Waals surface area contributed by atoms with E-state index in [1.54, 1.807) is 6.08 Å². The number of esters is 1. The zero-order valence-electron chi connectivity index (χ0n) is 15.8. The van der Waals surface area contributed by atoms with Gasteiger partial charge in [0, 0.05) is 6.42 Å². The first-order valence-electron chi connectivity index (χ1n) is 10.1. The summed E-state index contributed by atoms with van der Waals surface area (Å²) in [5.41, 5.74) is 0. The maximum absolute atomic E-state index is 11.3. The van der Waals surface area contributed by atoms with Crippen molar-refractivity contribution in [1.29, 1.82) is 0 Å². The van der Waals surface area contributed by atoms with Gasteiger partial charge in [-0.1, -0.05) is 103 Å². The van der Waals surface area contributed by atoms with Crippen LogP contribution >= 0.6 is 0 Å². The molecule has 0 rings (SSSR count). The van der Waals surface area contributed by atoms with Gasteiger partial charge < -0.3 is 4.74 Å². The Balaban J connectivity index is 0. The van der Waals surface area contributed by atoms with E-state index in [1.165, 1.54) is 89.7 Å². The van der Waals surface area contributed by atoms with Crippen LogP contribution in [0.4, 0.5) is 0 Å². The predicted octanol–water partition coefficient (Wildman–Crippen LogP) is 6.41. The van der Waals surface area contributed by atoms with Gasteiger partial charge in [0.2, 0.25) is 0 Å². The SMILES string of the molecule is CC=COC(=O)CCCCCCCCCCCCCCCCC.[CaH2]. The number of allylic oxidation sites excluding steroid dienone is 1. The molecule has 0 aliphatic carbocycles. The van der Waals surface area contributed by atoms with Crippen LogP contribution in [0.15, 0.2) is 12.3 Å². The molecule has 3 heteroatoms. The molecule has 0 unspecified atom stereocenters. The molecule has 24 heavy (non-hydrogen) atoms. The van der Waals surface area contributed by atoms with Crippen molar-refractivity contribution in [2.24, 2.45) is 0 Å². The molecule has 2 nitrogen and oxygen atoms in total. The average molecular weight is 367 g/mol. The number of ether oxygens (including phenoxy) is 1.